The third-order valence-electron chi connectivity index (χ3n) is 2.59. The van der Waals surface area contributed by atoms with Gasteiger partial charge in [0.05, 0.1) is 19.4 Å². The van der Waals surface area contributed by atoms with Gasteiger partial charge in [0, 0.05) is 12.2 Å². The Morgan fingerprint density at radius 1 is 1.41 bits per heavy atom. The lowest BCUT2D eigenvalue weighted by molar-refractivity contribution is -0.0945. The molecule has 1 aliphatic rings. The molecule has 5 nitrogen and oxygen atoms in total. The first-order valence-corrected chi connectivity index (χ1v) is 6.58. The number of imidazole rings is 1. The first-order valence-electron chi connectivity index (χ1n) is 5.14. The molecule has 2 heterocycles. The van der Waals surface area contributed by atoms with Crippen molar-refractivity contribution >= 4 is 10.0 Å². The van der Waals surface area contributed by atoms with Crippen molar-refractivity contribution in [3.05, 3.63) is 12.5 Å². The molecule has 1 aromatic heterocycles. The van der Waals surface area contributed by atoms with Gasteiger partial charge in [-0.05, 0) is 13.8 Å². The monoisotopic (exact) mass is 265 g/mol. The van der Waals surface area contributed by atoms with Crippen molar-refractivity contribution in [2.75, 3.05) is 13.1 Å². The maximum atomic E-state index is 12.6. The predicted octanol–water partition coefficient (Wildman–Crippen LogP) is 1.10. The van der Waals surface area contributed by atoms with Gasteiger partial charge in [-0.2, -0.15) is 4.31 Å². The number of rotatable bonds is 3. The lowest BCUT2D eigenvalue weighted by Gasteiger charge is -2.36. The summed E-state index contributed by atoms with van der Waals surface area (Å²) in [6.45, 7) is 2.22. The highest BCUT2D eigenvalue weighted by atomic mass is 32.2. The van der Waals surface area contributed by atoms with Gasteiger partial charge in [0.15, 0.2) is 5.03 Å². The lowest BCUT2D eigenvalue weighted by Crippen LogP contribution is -2.58. The first-order chi connectivity index (χ1) is 7.72. The number of hydrogen-bond acceptors (Lipinski definition) is 3. The third-order valence-corrected chi connectivity index (χ3v) is 4.27. The molecule has 0 bridgehead atoms. The number of halogens is 2. The molecule has 0 aromatic carbocycles. The van der Waals surface area contributed by atoms with Crippen LogP contribution in [0, 0.1) is 0 Å². The average Bonchev–Trinajstić information content (AvgIpc) is 2.62. The van der Waals surface area contributed by atoms with Gasteiger partial charge in [-0.3, -0.25) is 0 Å². The second kappa shape index (κ2) is 3.74. The Morgan fingerprint density at radius 2 is 2.00 bits per heavy atom. The molecule has 1 aliphatic heterocycles. The second-order valence-electron chi connectivity index (χ2n) is 4.38. The van der Waals surface area contributed by atoms with E-state index in [-0.39, 0.29) is 11.1 Å². The molecule has 8 heteroatoms. The number of nitrogens with zero attached hydrogens (tertiary/aromatic N) is 3. The highest BCUT2D eigenvalue weighted by molar-refractivity contribution is 7.89. The Kier molecular flexibility index (Phi) is 2.74. The summed E-state index contributed by atoms with van der Waals surface area (Å²) >= 11 is 0. The molecule has 1 saturated heterocycles. The Morgan fingerprint density at radius 3 is 2.41 bits per heavy atom. The zero-order valence-corrected chi connectivity index (χ0v) is 10.3. The lowest BCUT2D eigenvalue weighted by atomic mass is 10.2. The molecule has 1 aromatic rings. The number of aromatic nitrogens is 2. The van der Waals surface area contributed by atoms with Crippen LogP contribution >= 0.6 is 0 Å². The van der Waals surface area contributed by atoms with E-state index in [0.717, 1.165) is 4.31 Å². The van der Waals surface area contributed by atoms with E-state index >= 15 is 0 Å². The highest BCUT2D eigenvalue weighted by Gasteiger charge is 2.50. The van der Waals surface area contributed by atoms with Crippen molar-refractivity contribution in [2.45, 2.75) is 30.8 Å². The summed E-state index contributed by atoms with van der Waals surface area (Å²) in [6.07, 6.45) is 2.74. The van der Waals surface area contributed by atoms with E-state index in [9.17, 15) is 17.2 Å². The van der Waals surface area contributed by atoms with Crippen LogP contribution < -0.4 is 0 Å². The van der Waals surface area contributed by atoms with Gasteiger partial charge in [0.1, 0.15) is 0 Å². The molecule has 96 valence electrons. The Bertz CT molecular complexity index is 516. The molecule has 0 amide bonds. The van der Waals surface area contributed by atoms with Crippen LogP contribution in [-0.4, -0.2) is 41.3 Å². The van der Waals surface area contributed by atoms with Gasteiger partial charge in [-0.25, -0.2) is 22.2 Å². The first kappa shape index (κ1) is 12.4. The van der Waals surface area contributed by atoms with Crippen molar-refractivity contribution < 1.29 is 17.2 Å². The van der Waals surface area contributed by atoms with Crippen LogP contribution in [0.25, 0.3) is 0 Å². The zero-order valence-electron chi connectivity index (χ0n) is 9.47. The summed E-state index contributed by atoms with van der Waals surface area (Å²) in [5.74, 6) is -2.91. The molecule has 0 saturated carbocycles. The fraction of sp³-hybridized carbons (Fsp3) is 0.667. The zero-order chi connectivity index (χ0) is 12.8. The molecule has 0 spiro atoms. The molecule has 0 radical (unpaired) electrons. The molecular weight excluding hydrogens is 252 g/mol. The van der Waals surface area contributed by atoms with Crippen LogP contribution in [0.2, 0.25) is 0 Å². The van der Waals surface area contributed by atoms with Crippen LogP contribution in [0.1, 0.15) is 19.9 Å². The van der Waals surface area contributed by atoms with Crippen molar-refractivity contribution in [3.63, 3.8) is 0 Å². The van der Waals surface area contributed by atoms with Crippen LogP contribution in [0.3, 0.4) is 0 Å². The normalized spacial score (nSPS) is 20.5. The summed E-state index contributed by atoms with van der Waals surface area (Å²) in [7, 11) is -3.86. The summed E-state index contributed by atoms with van der Waals surface area (Å²) in [6, 6.07) is 0.0734. The van der Waals surface area contributed by atoms with Gasteiger partial charge in [0.25, 0.3) is 15.9 Å². The van der Waals surface area contributed by atoms with Crippen molar-refractivity contribution in [1.82, 2.24) is 13.9 Å². The molecule has 0 aliphatic carbocycles. The largest absolute Gasteiger partial charge is 0.334 e. The van der Waals surface area contributed by atoms with E-state index in [1.165, 1.54) is 12.5 Å². The topological polar surface area (TPSA) is 55.2 Å². The number of hydrogen-bond donors (Lipinski definition) is 0. The van der Waals surface area contributed by atoms with Crippen molar-refractivity contribution in [1.29, 1.82) is 0 Å². The number of sulfonamides is 1. The SMILES string of the molecule is CC(C)n1cnc(S(=O)(=O)N2CC(F)(F)C2)c1. The van der Waals surface area contributed by atoms with E-state index in [1.807, 2.05) is 13.8 Å². The second-order valence-corrected chi connectivity index (χ2v) is 6.27. The van der Waals surface area contributed by atoms with E-state index in [2.05, 4.69) is 4.98 Å². The van der Waals surface area contributed by atoms with Crippen molar-refractivity contribution in [2.24, 2.45) is 0 Å². The average molecular weight is 265 g/mol. The highest BCUT2D eigenvalue weighted by Crippen LogP contribution is 2.31. The maximum absolute atomic E-state index is 12.6. The standard InChI is InChI=1S/C9H13F2N3O2S/c1-7(2)13-3-8(12-6-13)17(15,16)14-4-9(10,11)5-14/h3,6-7H,4-5H2,1-2H3. The fourth-order valence-corrected chi connectivity index (χ4v) is 2.92. The Labute approximate surface area is 98.1 Å². The summed E-state index contributed by atoms with van der Waals surface area (Å²) in [5.41, 5.74) is 0. The van der Waals surface area contributed by atoms with Gasteiger partial charge in [-0.15, -0.1) is 0 Å². The Balaban J connectivity index is 2.21. The number of alkyl halides is 2. The van der Waals surface area contributed by atoms with E-state index in [1.54, 1.807) is 4.57 Å². The molecular formula is C9H13F2N3O2S. The summed E-state index contributed by atoms with van der Waals surface area (Å²) in [4.78, 5) is 3.75. The minimum absolute atomic E-state index is 0.0734. The van der Waals surface area contributed by atoms with Crippen LogP contribution in [0.5, 0.6) is 0 Å². The van der Waals surface area contributed by atoms with E-state index < -0.39 is 29.0 Å². The van der Waals surface area contributed by atoms with Gasteiger partial charge < -0.3 is 4.57 Å². The van der Waals surface area contributed by atoms with Gasteiger partial charge in [0.2, 0.25) is 0 Å². The minimum Gasteiger partial charge on any atom is -0.334 e. The molecule has 2 rings (SSSR count). The predicted molar refractivity (Wildman–Crippen MR) is 56.3 cm³/mol. The molecule has 0 atom stereocenters. The summed E-state index contributed by atoms with van der Waals surface area (Å²) in [5, 5.41) is -0.179. The van der Waals surface area contributed by atoms with Crippen molar-refractivity contribution in [3.8, 4) is 0 Å². The van der Waals surface area contributed by atoms with E-state index in [4.69, 9.17) is 0 Å². The Hall–Kier alpha value is -1.02. The molecule has 17 heavy (non-hydrogen) atoms. The molecule has 1 fully saturated rings. The minimum atomic E-state index is -3.86. The van der Waals surface area contributed by atoms with Crippen LogP contribution in [0.15, 0.2) is 17.6 Å². The van der Waals surface area contributed by atoms with E-state index in [0.29, 0.717) is 0 Å². The fourth-order valence-electron chi connectivity index (χ4n) is 1.51. The van der Waals surface area contributed by atoms with Crippen LogP contribution in [0.4, 0.5) is 8.78 Å². The molecule has 0 N–H and O–H groups in total. The van der Waals surface area contributed by atoms with Gasteiger partial charge in [-0.1, -0.05) is 0 Å². The van der Waals surface area contributed by atoms with Crippen LogP contribution in [-0.2, 0) is 10.0 Å². The quantitative estimate of drug-likeness (QED) is 0.822. The van der Waals surface area contributed by atoms with Gasteiger partial charge >= 0.3 is 0 Å². The smallest absolute Gasteiger partial charge is 0.275 e. The maximum Gasteiger partial charge on any atom is 0.275 e. The third kappa shape index (κ3) is 2.19. The molecule has 0 unspecified atom stereocenters. The summed E-state index contributed by atoms with van der Waals surface area (Å²) < 4.78 is 51.3.